The average Bonchev–Trinajstić information content (AvgIpc) is 2.53. The molecule has 0 spiro atoms. The molecule has 0 aliphatic heterocycles. The van der Waals surface area contributed by atoms with Gasteiger partial charge in [0.15, 0.2) is 0 Å². The van der Waals surface area contributed by atoms with E-state index < -0.39 is 18.5 Å². The highest BCUT2D eigenvalue weighted by molar-refractivity contribution is 14.1. The first kappa shape index (κ1) is 17.9. The van der Waals surface area contributed by atoms with Gasteiger partial charge in [0.2, 0.25) is 0 Å². The summed E-state index contributed by atoms with van der Waals surface area (Å²) < 4.78 is 37.4. The molecule has 0 fully saturated rings. The van der Waals surface area contributed by atoms with E-state index in [1.807, 2.05) is 22.6 Å². The van der Waals surface area contributed by atoms with Crippen LogP contribution in [-0.2, 0) is 11.3 Å². The Labute approximate surface area is 146 Å². The molecule has 0 N–H and O–H groups in total. The van der Waals surface area contributed by atoms with Crippen LogP contribution in [0.25, 0.3) is 11.3 Å². The van der Waals surface area contributed by atoms with Crippen LogP contribution in [-0.4, -0.2) is 31.3 Å². The third kappa shape index (κ3) is 4.74. The van der Waals surface area contributed by atoms with Crippen molar-refractivity contribution in [1.29, 1.82) is 0 Å². The molecule has 2 aromatic rings. The summed E-state index contributed by atoms with van der Waals surface area (Å²) in [6.07, 6.45) is -2.60. The fourth-order valence-electron chi connectivity index (χ4n) is 2.09. The van der Waals surface area contributed by atoms with Crippen LogP contribution in [0.4, 0.5) is 8.78 Å². The molecule has 0 amide bonds. The molecule has 1 aromatic heterocycles. The predicted octanol–water partition coefficient (Wildman–Crippen LogP) is 3.41. The summed E-state index contributed by atoms with van der Waals surface area (Å²) in [5.41, 5.74) is 0.723. The van der Waals surface area contributed by atoms with Gasteiger partial charge in [0.25, 0.3) is 12.0 Å². The number of pyridine rings is 1. The van der Waals surface area contributed by atoms with Crippen LogP contribution in [0.5, 0.6) is 5.75 Å². The summed E-state index contributed by atoms with van der Waals surface area (Å²) in [5, 5.41) is 0. The minimum atomic E-state index is -2.60. The first-order chi connectivity index (χ1) is 11.0. The van der Waals surface area contributed by atoms with Gasteiger partial charge in [0, 0.05) is 7.11 Å². The van der Waals surface area contributed by atoms with Crippen molar-refractivity contribution in [2.75, 3.05) is 20.3 Å². The Bertz CT molecular complexity index is 701. The van der Waals surface area contributed by atoms with Crippen LogP contribution in [0.1, 0.15) is 0 Å². The van der Waals surface area contributed by atoms with E-state index in [2.05, 4.69) is 0 Å². The van der Waals surface area contributed by atoms with E-state index in [9.17, 15) is 13.6 Å². The second-order valence-electron chi connectivity index (χ2n) is 4.74. The third-order valence-corrected chi connectivity index (χ3v) is 3.98. The smallest absolute Gasteiger partial charge is 0.264 e. The number of aromatic nitrogens is 1. The lowest BCUT2D eigenvalue weighted by molar-refractivity contribution is 0.125. The molecule has 124 valence electrons. The number of benzene rings is 1. The Balaban J connectivity index is 2.31. The topological polar surface area (TPSA) is 40.5 Å². The molecule has 23 heavy (non-hydrogen) atoms. The van der Waals surface area contributed by atoms with Gasteiger partial charge < -0.3 is 14.0 Å². The molecule has 4 nitrogen and oxygen atoms in total. The van der Waals surface area contributed by atoms with Crippen molar-refractivity contribution in [2.45, 2.75) is 13.0 Å². The highest BCUT2D eigenvalue weighted by Crippen LogP contribution is 2.23. The summed E-state index contributed by atoms with van der Waals surface area (Å²) in [7, 11) is 1.59. The molecule has 0 bridgehead atoms. The van der Waals surface area contributed by atoms with Crippen molar-refractivity contribution in [3.05, 3.63) is 50.3 Å². The lowest BCUT2D eigenvalue weighted by Gasteiger charge is -2.14. The number of nitrogens with zero attached hydrogens (tertiary/aromatic N) is 1. The van der Waals surface area contributed by atoms with Crippen molar-refractivity contribution in [3.8, 4) is 17.0 Å². The molecule has 0 atom stereocenters. The summed E-state index contributed by atoms with van der Waals surface area (Å²) in [5.74, 6) is 0.652. The van der Waals surface area contributed by atoms with Gasteiger partial charge >= 0.3 is 0 Å². The molecule has 0 aliphatic rings. The zero-order valence-electron chi connectivity index (χ0n) is 12.5. The van der Waals surface area contributed by atoms with Gasteiger partial charge in [-0.25, -0.2) is 8.78 Å². The Morgan fingerprint density at radius 1 is 1.13 bits per heavy atom. The van der Waals surface area contributed by atoms with Gasteiger partial charge in [0.05, 0.1) is 22.4 Å². The molecule has 0 radical (unpaired) electrons. The fourth-order valence-corrected chi connectivity index (χ4v) is 2.56. The monoisotopic (exact) mass is 435 g/mol. The predicted molar refractivity (Wildman–Crippen MR) is 92.2 cm³/mol. The molecule has 2 rings (SSSR count). The number of ether oxygens (including phenoxy) is 2. The minimum absolute atomic E-state index is 0.409. The van der Waals surface area contributed by atoms with Crippen LogP contribution in [0.2, 0.25) is 0 Å². The fraction of sp³-hybridized carbons (Fsp3) is 0.312. The Kier molecular flexibility index (Phi) is 6.52. The lowest BCUT2D eigenvalue weighted by Crippen LogP contribution is -2.26. The minimum Gasteiger partial charge on any atom is -0.491 e. The zero-order chi connectivity index (χ0) is 16.8. The lowest BCUT2D eigenvalue weighted by atomic mass is 10.1. The molecule has 7 heteroatoms. The molecule has 1 aromatic carbocycles. The van der Waals surface area contributed by atoms with Crippen molar-refractivity contribution in [1.82, 2.24) is 4.57 Å². The van der Waals surface area contributed by atoms with Gasteiger partial charge in [0.1, 0.15) is 12.4 Å². The summed E-state index contributed by atoms with van der Waals surface area (Å²) in [4.78, 5) is 12.1. The normalized spacial score (nSPS) is 11.0. The van der Waals surface area contributed by atoms with Crippen LogP contribution in [0, 0.1) is 3.57 Å². The van der Waals surface area contributed by atoms with Gasteiger partial charge in [-0.2, -0.15) is 0 Å². The average molecular weight is 435 g/mol. The number of hydrogen-bond donors (Lipinski definition) is 0. The molecule has 0 saturated carbocycles. The van der Waals surface area contributed by atoms with Crippen molar-refractivity contribution < 1.29 is 18.3 Å². The van der Waals surface area contributed by atoms with Crippen LogP contribution < -0.4 is 10.3 Å². The maximum atomic E-state index is 12.8. The van der Waals surface area contributed by atoms with E-state index in [-0.39, 0.29) is 0 Å². The zero-order valence-corrected chi connectivity index (χ0v) is 14.6. The van der Waals surface area contributed by atoms with Crippen LogP contribution in [0.3, 0.4) is 0 Å². The molecule has 1 heterocycles. The number of hydrogen-bond acceptors (Lipinski definition) is 3. The van der Waals surface area contributed by atoms with Gasteiger partial charge in [-0.15, -0.1) is 0 Å². The van der Waals surface area contributed by atoms with Gasteiger partial charge in [-0.05, 0) is 64.6 Å². The van der Waals surface area contributed by atoms with Crippen molar-refractivity contribution in [2.24, 2.45) is 0 Å². The quantitative estimate of drug-likeness (QED) is 0.495. The number of rotatable bonds is 7. The second-order valence-corrected chi connectivity index (χ2v) is 5.90. The summed E-state index contributed by atoms with van der Waals surface area (Å²) in [6, 6.07) is 10.3. The van der Waals surface area contributed by atoms with E-state index in [0.717, 1.165) is 4.57 Å². The largest absolute Gasteiger partial charge is 0.491 e. The van der Waals surface area contributed by atoms with E-state index >= 15 is 0 Å². The third-order valence-electron chi connectivity index (χ3n) is 3.15. The first-order valence-corrected chi connectivity index (χ1v) is 8.00. The number of methoxy groups -OCH3 is 1. The van der Waals surface area contributed by atoms with E-state index in [4.69, 9.17) is 9.47 Å². The van der Waals surface area contributed by atoms with E-state index in [0.29, 0.717) is 33.8 Å². The highest BCUT2D eigenvalue weighted by Gasteiger charge is 2.13. The standard InChI is InChI=1S/C16H16F2INO3/c1-22-8-9-23-12-4-2-11(3-5-12)14-7-6-13(19)16(21)20(14)10-15(17)18/h2-7,15H,8-10H2,1H3. The van der Waals surface area contributed by atoms with Crippen LogP contribution >= 0.6 is 22.6 Å². The SMILES string of the molecule is COCCOc1ccc(-c2ccc(I)c(=O)n2CC(F)F)cc1. The maximum Gasteiger partial charge on any atom is 0.264 e. The Morgan fingerprint density at radius 3 is 2.43 bits per heavy atom. The maximum absolute atomic E-state index is 12.8. The van der Waals surface area contributed by atoms with Crippen LogP contribution in [0.15, 0.2) is 41.2 Å². The first-order valence-electron chi connectivity index (χ1n) is 6.92. The number of halogens is 3. The molecular formula is C16H16F2INO3. The second kappa shape index (κ2) is 8.39. The summed E-state index contributed by atoms with van der Waals surface area (Å²) >= 11 is 1.85. The van der Waals surface area contributed by atoms with E-state index in [1.165, 1.54) is 0 Å². The molecular weight excluding hydrogens is 419 g/mol. The van der Waals surface area contributed by atoms with Gasteiger partial charge in [-0.1, -0.05) is 0 Å². The van der Waals surface area contributed by atoms with Crippen molar-refractivity contribution in [3.63, 3.8) is 0 Å². The molecule has 0 unspecified atom stereocenters. The highest BCUT2D eigenvalue weighted by atomic mass is 127. The summed E-state index contributed by atoms with van der Waals surface area (Å²) in [6.45, 7) is 0.277. The van der Waals surface area contributed by atoms with Crippen molar-refractivity contribution >= 4 is 22.6 Å². The Morgan fingerprint density at radius 2 is 1.83 bits per heavy atom. The van der Waals surface area contributed by atoms with E-state index in [1.54, 1.807) is 43.5 Å². The molecule has 0 saturated heterocycles. The molecule has 0 aliphatic carbocycles. The number of alkyl halides is 2. The van der Waals surface area contributed by atoms with Gasteiger partial charge in [-0.3, -0.25) is 4.79 Å². The Hall–Kier alpha value is -1.48.